The molecule has 1 aliphatic heterocycles. The van der Waals surface area contributed by atoms with Gasteiger partial charge in [-0.15, -0.1) is 11.3 Å². The van der Waals surface area contributed by atoms with Gasteiger partial charge < -0.3 is 14.5 Å². The predicted molar refractivity (Wildman–Crippen MR) is 134 cm³/mol. The number of rotatable bonds is 8. The number of ether oxygens (including phenoxy) is 1. The maximum Gasteiger partial charge on any atom is 0.254 e. The van der Waals surface area contributed by atoms with E-state index in [1.54, 1.807) is 28.4 Å². The van der Waals surface area contributed by atoms with Crippen LogP contribution in [0, 0.1) is 18.7 Å². The van der Waals surface area contributed by atoms with Gasteiger partial charge in [0.15, 0.2) is 0 Å². The number of fused-ring (bicyclic) bond motifs is 1. The third-order valence-corrected chi connectivity index (χ3v) is 7.78. The monoisotopic (exact) mass is 492 g/mol. The lowest BCUT2D eigenvalue weighted by atomic mass is 10.00. The van der Waals surface area contributed by atoms with E-state index in [9.17, 15) is 14.0 Å². The molecule has 35 heavy (non-hydrogen) atoms. The van der Waals surface area contributed by atoms with Crippen molar-refractivity contribution in [3.63, 3.8) is 0 Å². The van der Waals surface area contributed by atoms with Crippen LogP contribution in [0.25, 0.3) is 0 Å². The minimum Gasteiger partial charge on any atom is -0.491 e. The molecular weight excluding hydrogens is 463 g/mol. The second kappa shape index (κ2) is 10.2. The third-order valence-electron chi connectivity index (χ3n) is 6.78. The molecule has 2 aliphatic rings. The zero-order valence-electron chi connectivity index (χ0n) is 19.8. The van der Waals surface area contributed by atoms with E-state index in [2.05, 4.69) is 0 Å². The Bertz CT molecular complexity index is 1220. The maximum absolute atomic E-state index is 13.7. The van der Waals surface area contributed by atoms with Gasteiger partial charge in [-0.05, 0) is 72.9 Å². The first-order chi connectivity index (χ1) is 17.0. The molecule has 1 aromatic heterocycles. The summed E-state index contributed by atoms with van der Waals surface area (Å²) in [7, 11) is 0. The van der Waals surface area contributed by atoms with E-state index < -0.39 is 0 Å². The fourth-order valence-corrected chi connectivity index (χ4v) is 5.60. The van der Waals surface area contributed by atoms with Crippen LogP contribution in [0.5, 0.6) is 5.75 Å². The van der Waals surface area contributed by atoms with Gasteiger partial charge >= 0.3 is 0 Å². The third kappa shape index (κ3) is 5.40. The molecular formula is C28H29FN2O3S. The maximum atomic E-state index is 13.7. The molecule has 1 aliphatic carbocycles. The van der Waals surface area contributed by atoms with E-state index in [4.69, 9.17) is 4.74 Å². The average molecular weight is 493 g/mol. The standard InChI is InChI=1S/C28H29FN2O3S/c1-19-5-2-3-8-23(19)28(33)30(16-20-9-10-20)17-27(32)31-13-11-26-24(12-14-35-26)25(31)18-34-22-7-4-6-21(29)15-22/h2-8,12,14-15,20,25H,9-11,13,16-18H2,1H3. The van der Waals surface area contributed by atoms with Crippen LogP contribution in [-0.2, 0) is 11.2 Å². The highest BCUT2D eigenvalue weighted by Crippen LogP contribution is 2.35. The number of aryl methyl sites for hydroxylation is 1. The molecule has 182 valence electrons. The molecule has 0 saturated heterocycles. The summed E-state index contributed by atoms with van der Waals surface area (Å²) in [6, 6.07) is 15.3. The highest BCUT2D eigenvalue weighted by atomic mass is 32.1. The van der Waals surface area contributed by atoms with Gasteiger partial charge in [0.05, 0.1) is 6.04 Å². The van der Waals surface area contributed by atoms with Crippen LogP contribution in [0.4, 0.5) is 4.39 Å². The number of hydrogen-bond donors (Lipinski definition) is 0. The van der Waals surface area contributed by atoms with Crippen LogP contribution >= 0.6 is 11.3 Å². The van der Waals surface area contributed by atoms with E-state index >= 15 is 0 Å². The Morgan fingerprint density at radius 1 is 1.14 bits per heavy atom. The molecule has 1 fully saturated rings. The normalized spacial score (nSPS) is 17.1. The van der Waals surface area contributed by atoms with Crippen molar-refractivity contribution in [3.8, 4) is 5.75 Å². The van der Waals surface area contributed by atoms with E-state index in [0.29, 0.717) is 30.3 Å². The number of nitrogens with zero attached hydrogens (tertiary/aromatic N) is 2. The molecule has 7 heteroatoms. The van der Waals surface area contributed by atoms with Crippen molar-refractivity contribution in [2.75, 3.05) is 26.2 Å². The Morgan fingerprint density at radius 3 is 2.74 bits per heavy atom. The first kappa shape index (κ1) is 23.5. The van der Waals surface area contributed by atoms with Gasteiger partial charge in [0.1, 0.15) is 24.7 Å². The lowest BCUT2D eigenvalue weighted by Crippen LogP contribution is -2.48. The van der Waals surface area contributed by atoms with Crippen molar-refractivity contribution >= 4 is 23.2 Å². The molecule has 0 N–H and O–H groups in total. The molecule has 0 bridgehead atoms. The van der Waals surface area contributed by atoms with Crippen molar-refractivity contribution in [1.29, 1.82) is 0 Å². The van der Waals surface area contributed by atoms with Gasteiger partial charge in [-0.3, -0.25) is 9.59 Å². The summed E-state index contributed by atoms with van der Waals surface area (Å²) in [4.78, 5) is 31.9. The fraction of sp³-hybridized carbons (Fsp3) is 0.357. The Labute approximate surface area is 209 Å². The van der Waals surface area contributed by atoms with E-state index in [0.717, 1.165) is 30.4 Å². The quantitative estimate of drug-likeness (QED) is 0.431. The number of hydrogen-bond acceptors (Lipinski definition) is 4. The Morgan fingerprint density at radius 2 is 1.97 bits per heavy atom. The smallest absolute Gasteiger partial charge is 0.254 e. The Hall–Kier alpha value is -3.19. The van der Waals surface area contributed by atoms with Crippen molar-refractivity contribution in [2.24, 2.45) is 5.92 Å². The minimum absolute atomic E-state index is 0.0413. The molecule has 0 spiro atoms. The summed E-state index contributed by atoms with van der Waals surface area (Å²) < 4.78 is 19.6. The van der Waals surface area contributed by atoms with Crippen LogP contribution in [0.15, 0.2) is 60.0 Å². The molecule has 1 unspecified atom stereocenters. The van der Waals surface area contributed by atoms with Crippen LogP contribution in [0.1, 0.15) is 45.2 Å². The first-order valence-corrected chi connectivity index (χ1v) is 13.0. The van der Waals surface area contributed by atoms with Gasteiger partial charge in [-0.1, -0.05) is 24.3 Å². The van der Waals surface area contributed by atoms with Crippen molar-refractivity contribution in [3.05, 3.63) is 87.4 Å². The number of benzene rings is 2. The summed E-state index contributed by atoms with van der Waals surface area (Å²) in [5.41, 5.74) is 2.63. The molecule has 5 nitrogen and oxygen atoms in total. The van der Waals surface area contributed by atoms with E-state index in [-0.39, 0.29) is 36.8 Å². The van der Waals surface area contributed by atoms with Crippen LogP contribution in [0.2, 0.25) is 0 Å². The summed E-state index contributed by atoms with van der Waals surface area (Å²) in [6.45, 7) is 3.36. The molecule has 1 atom stereocenters. The molecule has 5 rings (SSSR count). The molecule has 1 saturated carbocycles. The lowest BCUT2D eigenvalue weighted by molar-refractivity contribution is -0.135. The van der Waals surface area contributed by atoms with E-state index in [1.165, 1.54) is 17.0 Å². The van der Waals surface area contributed by atoms with Crippen LogP contribution < -0.4 is 4.74 Å². The van der Waals surface area contributed by atoms with E-state index in [1.807, 2.05) is 47.5 Å². The molecule has 2 heterocycles. The summed E-state index contributed by atoms with van der Waals surface area (Å²) >= 11 is 1.68. The largest absolute Gasteiger partial charge is 0.491 e. The summed E-state index contributed by atoms with van der Waals surface area (Å²) in [5, 5.41) is 2.04. The van der Waals surface area contributed by atoms with Gasteiger partial charge in [-0.2, -0.15) is 0 Å². The molecule has 2 aromatic carbocycles. The summed E-state index contributed by atoms with van der Waals surface area (Å²) in [6.07, 6.45) is 2.97. The number of amides is 2. The zero-order valence-corrected chi connectivity index (χ0v) is 20.6. The van der Waals surface area contributed by atoms with Gasteiger partial charge in [-0.25, -0.2) is 4.39 Å². The second-order valence-corrected chi connectivity index (χ2v) is 10.4. The number of thiophene rings is 1. The highest BCUT2D eigenvalue weighted by molar-refractivity contribution is 7.10. The Balaban J connectivity index is 1.35. The Kier molecular flexibility index (Phi) is 6.86. The SMILES string of the molecule is Cc1ccccc1C(=O)N(CC(=O)N1CCc2sccc2C1COc1cccc(F)c1)CC1CC1. The molecule has 2 amide bonds. The fourth-order valence-electron chi connectivity index (χ4n) is 4.68. The van der Waals surface area contributed by atoms with Crippen molar-refractivity contribution in [1.82, 2.24) is 9.80 Å². The van der Waals surface area contributed by atoms with Crippen LogP contribution in [0.3, 0.4) is 0 Å². The van der Waals surface area contributed by atoms with Crippen molar-refractivity contribution < 1.29 is 18.7 Å². The first-order valence-electron chi connectivity index (χ1n) is 12.1. The number of carbonyl (C=O) groups is 2. The predicted octanol–water partition coefficient (Wildman–Crippen LogP) is 5.25. The zero-order chi connectivity index (χ0) is 24.4. The van der Waals surface area contributed by atoms with Gasteiger partial charge in [0.2, 0.25) is 5.91 Å². The number of halogens is 1. The summed E-state index contributed by atoms with van der Waals surface area (Å²) in [5.74, 6) is 0.361. The molecule has 0 radical (unpaired) electrons. The topological polar surface area (TPSA) is 49.9 Å². The number of carbonyl (C=O) groups excluding carboxylic acids is 2. The van der Waals surface area contributed by atoms with Crippen molar-refractivity contribution in [2.45, 2.75) is 32.2 Å². The highest BCUT2D eigenvalue weighted by Gasteiger charge is 2.35. The van der Waals surface area contributed by atoms with Gasteiger partial charge in [0.25, 0.3) is 5.91 Å². The average Bonchev–Trinajstić information content (AvgIpc) is 3.54. The second-order valence-electron chi connectivity index (χ2n) is 9.36. The minimum atomic E-state index is -0.360. The molecule has 3 aromatic rings. The lowest BCUT2D eigenvalue weighted by Gasteiger charge is -2.37. The van der Waals surface area contributed by atoms with Crippen LogP contribution in [-0.4, -0.2) is 47.9 Å². The van der Waals surface area contributed by atoms with Gasteiger partial charge in [0, 0.05) is 29.6 Å².